The Hall–Kier alpha value is -1.34. The van der Waals surface area contributed by atoms with E-state index in [1.165, 1.54) is 17.7 Å². The molecule has 1 fully saturated rings. The molecule has 3 heterocycles. The predicted molar refractivity (Wildman–Crippen MR) is 98.2 cm³/mol. The molecule has 0 aliphatic carbocycles. The lowest BCUT2D eigenvalue weighted by molar-refractivity contribution is 0.121. The summed E-state index contributed by atoms with van der Waals surface area (Å²) in [6, 6.07) is 4.15. The fourth-order valence-corrected chi connectivity index (χ4v) is 4.24. The van der Waals surface area contributed by atoms with Crippen molar-refractivity contribution in [2.24, 2.45) is 0 Å². The van der Waals surface area contributed by atoms with Crippen molar-refractivity contribution in [3.8, 4) is 10.6 Å². The minimum atomic E-state index is -0.323. The molecular formula is C18H26N4OS. The van der Waals surface area contributed by atoms with Crippen LogP contribution in [0, 0.1) is 6.92 Å². The number of β-amino-alcohol motifs (C(OH)–C–C–N with tert-alkyl or cyclic N) is 1. The summed E-state index contributed by atoms with van der Waals surface area (Å²) in [5.41, 5.74) is 2.10. The lowest BCUT2D eigenvalue weighted by Crippen LogP contribution is -2.37. The average molecular weight is 347 g/mol. The Morgan fingerprint density at radius 1 is 1.38 bits per heavy atom. The normalized spacial score (nSPS) is 18.0. The second-order valence-electron chi connectivity index (χ2n) is 6.50. The number of rotatable bonds is 7. The maximum absolute atomic E-state index is 10.2. The largest absolute Gasteiger partial charge is 0.390 e. The first-order chi connectivity index (χ1) is 11.6. The lowest BCUT2D eigenvalue weighted by atomic mass is 10.2. The number of nitrogens with one attached hydrogen (secondary N) is 1. The number of likely N-dealkylation sites (tertiary alicyclic amines) is 1. The second-order valence-corrected chi connectivity index (χ2v) is 7.53. The topological polar surface area (TPSA) is 61.3 Å². The zero-order valence-electron chi connectivity index (χ0n) is 14.4. The highest BCUT2D eigenvalue weighted by atomic mass is 32.1. The monoisotopic (exact) mass is 346 g/mol. The molecule has 1 aliphatic heterocycles. The molecular weight excluding hydrogens is 320 g/mol. The van der Waals surface area contributed by atoms with Gasteiger partial charge in [-0.15, -0.1) is 11.3 Å². The second kappa shape index (κ2) is 8.16. The number of aliphatic hydroxyl groups excluding tert-OH is 1. The van der Waals surface area contributed by atoms with Gasteiger partial charge in [-0.2, -0.15) is 0 Å². The van der Waals surface area contributed by atoms with Crippen LogP contribution in [0.25, 0.3) is 10.6 Å². The third-order valence-corrected chi connectivity index (χ3v) is 5.85. The van der Waals surface area contributed by atoms with Crippen LogP contribution >= 0.6 is 11.3 Å². The van der Waals surface area contributed by atoms with Crippen LogP contribution in [0.2, 0.25) is 0 Å². The number of thiazole rings is 1. The molecule has 2 unspecified atom stereocenters. The van der Waals surface area contributed by atoms with Gasteiger partial charge in [-0.3, -0.25) is 4.98 Å². The number of aliphatic hydroxyl groups is 1. The minimum Gasteiger partial charge on any atom is -0.390 e. The van der Waals surface area contributed by atoms with Gasteiger partial charge in [-0.05, 0) is 51.9 Å². The number of pyridine rings is 1. The van der Waals surface area contributed by atoms with E-state index in [1.54, 1.807) is 17.5 Å². The molecule has 0 bridgehead atoms. The molecule has 0 aromatic carbocycles. The molecule has 130 valence electrons. The molecule has 2 N–H and O–H groups in total. The highest BCUT2D eigenvalue weighted by molar-refractivity contribution is 7.15. The Morgan fingerprint density at radius 2 is 2.17 bits per heavy atom. The Labute approximate surface area is 147 Å². The summed E-state index contributed by atoms with van der Waals surface area (Å²) >= 11 is 1.70. The van der Waals surface area contributed by atoms with Gasteiger partial charge in [0.05, 0.1) is 11.8 Å². The van der Waals surface area contributed by atoms with Crippen LogP contribution in [0.4, 0.5) is 0 Å². The van der Waals surface area contributed by atoms with E-state index >= 15 is 0 Å². The Balaban J connectivity index is 1.56. The molecule has 2 atom stereocenters. The summed E-state index contributed by atoms with van der Waals surface area (Å²) in [7, 11) is 0. The summed E-state index contributed by atoms with van der Waals surface area (Å²) in [5.74, 6) is 0. The molecule has 6 heteroatoms. The molecule has 0 amide bonds. The van der Waals surface area contributed by atoms with E-state index in [-0.39, 0.29) is 12.1 Å². The van der Waals surface area contributed by atoms with E-state index in [1.807, 2.05) is 25.3 Å². The lowest BCUT2D eigenvalue weighted by Gasteiger charge is -2.21. The minimum absolute atomic E-state index is 0.182. The van der Waals surface area contributed by atoms with Crippen LogP contribution in [0.3, 0.4) is 0 Å². The third-order valence-electron chi connectivity index (χ3n) is 4.46. The number of nitrogens with zero attached hydrogens (tertiary/aromatic N) is 3. The first kappa shape index (κ1) is 17.5. The SMILES string of the molecule is Cc1nc(-c2cccnc2)sc1C(C)NCC(O)CN1CCCC1. The van der Waals surface area contributed by atoms with Crippen molar-refractivity contribution < 1.29 is 5.11 Å². The maximum atomic E-state index is 10.2. The summed E-state index contributed by atoms with van der Waals surface area (Å²) in [4.78, 5) is 12.4. The molecule has 5 nitrogen and oxygen atoms in total. The van der Waals surface area contributed by atoms with Gasteiger partial charge >= 0.3 is 0 Å². The Bertz CT molecular complexity index is 640. The van der Waals surface area contributed by atoms with Crippen molar-refractivity contribution in [1.29, 1.82) is 0 Å². The van der Waals surface area contributed by atoms with Gasteiger partial charge in [-0.1, -0.05) is 0 Å². The highest BCUT2D eigenvalue weighted by Gasteiger charge is 2.18. The molecule has 1 saturated heterocycles. The smallest absolute Gasteiger partial charge is 0.125 e. The van der Waals surface area contributed by atoms with Crippen molar-refractivity contribution in [1.82, 2.24) is 20.2 Å². The van der Waals surface area contributed by atoms with Gasteiger partial charge in [0, 0.05) is 42.0 Å². The molecule has 1 aliphatic rings. The van der Waals surface area contributed by atoms with Crippen LogP contribution in [-0.2, 0) is 0 Å². The van der Waals surface area contributed by atoms with E-state index in [4.69, 9.17) is 0 Å². The third kappa shape index (κ3) is 4.39. The standard InChI is InChI=1S/C18H26N4OS/c1-13(20-11-16(23)12-22-8-3-4-9-22)17-14(2)21-18(24-17)15-6-5-7-19-10-15/h5-7,10,13,16,20,23H,3-4,8-9,11-12H2,1-2H3. The summed E-state index contributed by atoms with van der Waals surface area (Å²) in [6.07, 6.45) is 5.81. The molecule has 24 heavy (non-hydrogen) atoms. The van der Waals surface area contributed by atoms with Crippen molar-refractivity contribution in [3.05, 3.63) is 35.1 Å². The zero-order chi connectivity index (χ0) is 16.9. The molecule has 3 rings (SSSR count). The average Bonchev–Trinajstić information content (AvgIpc) is 3.23. The van der Waals surface area contributed by atoms with Crippen molar-refractivity contribution in [2.75, 3.05) is 26.2 Å². The first-order valence-corrected chi connectivity index (χ1v) is 9.46. The molecule has 2 aromatic rings. The van der Waals surface area contributed by atoms with E-state index in [2.05, 4.69) is 27.1 Å². The molecule has 0 radical (unpaired) electrons. The van der Waals surface area contributed by atoms with Crippen LogP contribution in [-0.4, -0.2) is 52.3 Å². The summed E-state index contributed by atoms with van der Waals surface area (Å²) < 4.78 is 0. The van der Waals surface area contributed by atoms with Crippen molar-refractivity contribution in [2.45, 2.75) is 38.8 Å². The van der Waals surface area contributed by atoms with Gasteiger partial charge in [0.1, 0.15) is 5.01 Å². The maximum Gasteiger partial charge on any atom is 0.125 e. The van der Waals surface area contributed by atoms with E-state index in [9.17, 15) is 5.11 Å². The zero-order valence-corrected chi connectivity index (χ0v) is 15.2. The Kier molecular flexibility index (Phi) is 5.94. The van der Waals surface area contributed by atoms with Crippen LogP contribution in [0.5, 0.6) is 0 Å². The van der Waals surface area contributed by atoms with Crippen LogP contribution in [0.1, 0.15) is 36.4 Å². The van der Waals surface area contributed by atoms with Gasteiger partial charge in [0.25, 0.3) is 0 Å². The van der Waals surface area contributed by atoms with E-state index in [0.717, 1.165) is 35.9 Å². The Morgan fingerprint density at radius 3 is 2.88 bits per heavy atom. The van der Waals surface area contributed by atoms with Crippen molar-refractivity contribution in [3.63, 3.8) is 0 Å². The first-order valence-electron chi connectivity index (χ1n) is 8.65. The fourth-order valence-electron chi connectivity index (χ4n) is 3.16. The van der Waals surface area contributed by atoms with Crippen LogP contribution in [0.15, 0.2) is 24.5 Å². The molecule has 0 spiro atoms. The number of aryl methyl sites for hydroxylation is 1. The highest BCUT2D eigenvalue weighted by Crippen LogP contribution is 2.31. The van der Waals surface area contributed by atoms with Crippen molar-refractivity contribution >= 4 is 11.3 Å². The van der Waals surface area contributed by atoms with E-state index < -0.39 is 0 Å². The van der Waals surface area contributed by atoms with Gasteiger partial charge in [-0.25, -0.2) is 4.98 Å². The molecule has 2 aromatic heterocycles. The quantitative estimate of drug-likeness (QED) is 0.807. The number of hydrogen-bond acceptors (Lipinski definition) is 6. The number of aromatic nitrogens is 2. The van der Waals surface area contributed by atoms with E-state index in [0.29, 0.717) is 6.54 Å². The molecule has 0 saturated carbocycles. The van der Waals surface area contributed by atoms with Gasteiger partial charge < -0.3 is 15.3 Å². The van der Waals surface area contributed by atoms with Gasteiger partial charge in [0.15, 0.2) is 0 Å². The number of hydrogen-bond donors (Lipinski definition) is 2. The summed E-state index contributed by atoms with van der Waals surface area (Å²) in [6.45, 7) is 7.80. The summed E-state index contributed by atoms with van der Waals surface area (Å²) in [5, 5.41) is 14.7. The van der Waals surface area contributed by atoms with Crippen LogP contribution < -0.4 is 5.32 Å². The predicted octanol–water partition coefficient (Wildman–Crippen LogP) is 2.62. The fraction of sp³-hybridized carbons (Fsp3) is 0.556. The van der Waals surface area contributed by atoms with Gasteiger partial charge in [0.2, 0.25) is 0 Å².